The Morgan fingerprint density at radius 2 is 2.37 bits per heavy atom. The number of aromatic nitrogens is 3. The van der Waals surface area contributed by atoms with Crippen LogP contribution in [0.3, 0.4) is 0 Å². The summed E-state index contributed by atoms with van der Waals surface area (Å²) in [6.45, 7) is 4.47. The molecule has 7 nitrogen and oxygen atoms in total. The van der Waals surface area contributed by atoms with Gasteiger partial charge in [-0.3, -0.25) is 0 Å². The van der Waals surface area contributed by atoms with Crippen LogP contribution in [-0.2, 0) is 11.2 Å². The van der Waals surface area contributed by atoms with Gasteiger partial charge in [0.05, 0.1) is 6.61 Å². The van der Waals surface area contributed by atoms with Crippen LogP contribution in [0.25, 0.3) is 0 Å². The quantitative estimate of drug-likeness (QED) is 0.806. The van der Waals surface area contributed by atoms with Crippen LogP contribution in [0, 0.1) is 6.92 Å². The van der Waals surface area contributed by atoms with Gasteiger partial charge in [-0.2, -0.15) is 4.98 Å². The van der Waals surface area contributed by atoms with Crippen molar-refractivity contribution in [3.05, 3.63) is 22.8 Å². The molecule has 2 aromatic rings. The van der Waals surface area contributed by atoms with E-state index in [1.165, 1.54) is 11.3 Å². The molecule has 0 amide bonds. The average Bonchev–Trinajstić information content (AvgIpc) is 2.99. The Hall–Kier alpha value is -1.96. The van der Waals surface area contributed by atoms with Crippen molar-refractivity contribution >= 4 is 22.4 Å². The molecular formula is C11H14N4O3S. The van der Waals surface area contributed by atoms with Crippen molar-refractivity contribution in [2.75, 3.05) is 18.5 Å². The standard InChI is InChI=1S/C11H14N4O3S/c1-3-17-10(16)8-6-19-11(14-8)12-5-4-9-13-7(2)18-15-9/h6H,3-5H2,1-2H3,(H,12,14). The predicted octanol–water partition coefficient (Wildman–Crippen LogP) is 1.67. The van der Waals surface area contributed by atoms with E-state index in [2.05, 4.69) is 20.4 Å². The second-order valence-electron chi connectivity index (χ2n) is 3.66. The van der Waals surface area contributed by atoms with E-state index in [4.69, 9.17) is 9.26 Å². The number of hydrogen-bond donors (Lipinski definition) is 1. The summed E-state index contributed by atoms with van der Waals surface area (Å²) < 4.78 is 9.73. The van der Waals surface area contributed by atoms with Crippen LogP contribution in [0.5, 0.6) is 0 Å². The van der Waals surface area contributed by atoms with Gasteiger partial charge in [0, 0.05) is 25.3 Å². The molecule has 0 fully saturated rings. The molecule has 0 bridgehead atoms. The molecule has 0 saturated carbocycles. The SMILES string of the molecule is CCOC(=O)c1csc(NCCc2noc(C)n2)n1. The number of aryl methyl sites for hydroxylation is 1. The number of nitrogens with one attached hydrogen (secondary N) is 1. The van der Waals surface area contributed by atoms with Crippen molar-refractivity contribution in [3.63, 3.8) is 0 Å². The van der Waals surface area contributed by atoms with Crippen molar-refractivity contribution in [1.82, 2.24) is 15.1 Å². The van der Waals surface area contributed by atoms with Crippen molar-refractivity contribution in [3.8, 4) is 0 Å². The molecule has 0 saturated heterocycles. The lowest BCUT2D eigenvalue weighted by atomic mass is 10.4. The molecule has 0 aliphatic heterocycles. The molecule has 102 valence electrons. The van der Waals surface area contributed by atoms with E-state index in [9.17, 15) is 4.79 Å². The molecule has 0 aromatic carbocycles. The van der Waals surface area contributed by atoms with Crippen LogP contribution in [0.15, 0.2) is 9.90 Å². The van der Waals surface area contributed by atoms with E-state index in [0.717, 1.165) is 0 Å². The minimum atomic E-state index is -0.402. The molecule has 0 radical (unpaired) electrons. The zero-order chi connectivity index (χ0) is 13.7. The molecule has 1 N–H and O–H groups in total. The average molecular weight is 282 g/mol. The number of anilines is 1. The van der Waals surface area contributed by atoms with E-state index in [-0.39, 0.29) is 0 Å². The lowest BCUT2D eigenvalue weighted by Crippen LogP contribution is -2.08. The Morgan fingerprint density at radius 1 is 1.53 bits per heavy atom. The first-order valence-electron chi connectivity index (χ1n) is 5.84. The maximum atomic E-state index is 11.4. The van der Waals surface area contributed by atoms with E-state index >= 15 is 0 Å². The van der Waals surface area contributed by atoms with Crippen molar-refractivity contribution in [2.24, 2.45) is 0 Å². The van der Waals surface area contributed by atoms with Crippen molar-refractivity contribution < 1.29 is 14.1 Å². The lowest BCUT2D eigenvalue weighted by Gasteiger charge is -1.99. The minimum absolute atomic E-state index is 0.324. The third-order valence-electron chi connectivity index (χ3n) is 2.18. The highest BCUT2D eigenvalue weighted by Crippen LogP contribution is 2.16. The van der Waals surface area contributed by atoms with Gasteiger partial charge in [0.15, 0.2) is 16.6 Å². The van der Waals surface area contributed by atoms with Gasteiger partial charge >= 0.3 is 5.97 Å². The summed E-state index contributed by atoms with van der Waals surface area (Å²) in [5.74, 6) is 0.793. The fraction of sp³-hybridized carbons (Fsp3) is 0.455. The predicted molar refractivity (Wildman–Crippen MR) is 69.3 cm³/mol. The van der Waals surface area contributed by atoms with E-state index in [1.54, 1.807) is 19.2 Å². The molecule has 19 heavy (non-hydrogen) atoms. The summed E-state index contributed by atoms with van der Waals surface area (Å²) in [6, 6.07) is 0. The first-order valence-corrected chi connectivity index (χ1v) is 6.72. The largest absolute Gasteiger partial charge is 0.461 e. The van der Waals surface area contributed by atoms with Gasteiger partial charge in [-0.15, -0.1) is 11.3 Å². The first-order chi connectivity index (χ1) is 9.19. The van der Waals surface area contributed by atoms with Crippen molar-refractivity contribution in [2.45, 2.75) is 20.3 Å². The minimum Gasteiger partial charge on any atom is -0.461 e. The number of carbonyl (C=O) groups is 1. The van der Waals surface area contributed by atoms with Crippen LogP contribution in [0.1, 0.15) is 29.1 Å². The molecule has 8 heteroatoms. The normalized spacial score (nSPS) is 10.4. The van der Waals surface area contributed by atoms with E-state index < -0.39 is 5.97 Å². The van der Waals surface area contributed by atoms with Gasteiger partial charge in [0.2, 0.25) is 5.89 Å². The van der Waals surface area contributed by atoms with Gasteiger partial charge < -0.3 is 14.6 Å². The molecule has 0 unspecified atom stereocenters. The Bertz CT molecular complexity index is 552. The summed E-state index contributed by atoms with van der Waals surface area (Å²) in [4.78, 5) is 19.6. The smallest absolute Gasteiger partial charge is 0.357 e. The van der Waals surface area contributed by atoms with Gasteiger partial charge in [-0.1, -0.05) is 5.16 Å². The van der Waals surface area contributed by atoms with Crippen LogP contribution in [0.2, 0.25) is 0 Å². The van der Waals surface area contributed by atoms with Crippen molar-refractivity contribution in [1.29, 1.82) is 0 Å². The first kappa shape index (κ1) is 13.5. The number of esters is 1. The Morgan fingerprint density at radius 3 is 3.05 bits per heavy atom. The molecular weight excluding hydrogens is 268 g/mol. The number of carbonyl (C=O) groups excluding carboxylic acids is 1. The summed E-state index contributed by atoms with van der Waals surface area (Å²) >= 11 is 1.36. The van der Waals surface area contributed by atoms with Crippen LogP contribution < -0.4 is 5.32 Å². The summed E-state index contributed by atoms with van der Waals surface area (Å²) in [5, 5.41) is 9.22. The highest BCUT2D eigenvalue weighted by atomic mass is 32.1. The fourth-order valence-electron chi connectivity index (χ4n) is 1.38. The zero-order valence-electron chi connectivity index (χ0n) is 10.7. The second kappa shape index (κ2) is 6.28. The second-order valence-corrected chi connectivity index (χ2v) is 4.52. The highest BCUT2D eigenvalue weighted by molar-refractivity contribution is 7.13. The summed E-state index contributed by atoms with van der Waals surface area (Å²) in [5.41, 5.74) is 0.324. The molecule has 0 atom stereocenters. The molecule has 0 aliphatic rings. The monoisotopic (exact) mass is 282 g/mol. The van der Waals surface area contributed by atoms with Crippen LogP contribution in [0.4, 0.5) is 5.13 Å². The van der Waals surface area contributed by atoms with Gasteiger partial charge in [-0.25, -0.2) is 9.78 Å². The zero-order valence-corrected chi connectivity index (χ0v) is 11.5. The number of nitrogens with zero attached hydrogens (tertiary/aromatic N) is 3. The third-order valence-corrected chi connectivity index (χ3v) is 2.98. The summed E-state index contributed by atoms with van der Waals surface area (Å²) in [6.07, 6.45) is 0.631. The topological polar surface area (TPSA) is 90.1 Å². The summed E-state index contributed by atoms with van der Waals surface area (Å²) in [7, 11) is 0. The van der Waals surface area contributed by atoms with E-state index in [1.807, 2.05) is 0 Å². The Labute approximate surface area is 114 Å². The maximum absolute atomic E-state index is 11.4. The third kappa shape index (κ3) is 3.75. The molecule has 2 aromatic heterocycles. The van der Waals surface area contributed by atoms with Crippen LogP contribution >= 0.6 is 11.3 Å². The van der Waals surface area contributed by atoms with Crippen LogP contribution in [-0.4, -0.2) is 34.2 Å². The van der Waals surface area contributed by atoms with Gasteiger partial charge in [-0.05, 0) is 6.92 Å². The lowest BCUT2D eigenvalue weighted by molar-refractivity contribution is 0.0520. The number of rotatable bonds is 6. The molecule has 2 heterocycles. The maximum Gasteiger partial charge on any atom is 0.357 e. The van der Waals surface area contributed by atoms with Gasteiger partial charge in [0.1, 0.15) is 0 Å². The molecule has 0 aliphatic carbocycles. The van der Waals surface area contributed by atoms with Gasteiger partial charge in [0.25, 0.3) is 0 Å². The Kier molecular flexibility index (Phi) is 4.45. The number of thiazole rings is 1. The molecule has 0 spiro atoms. The highest BCUT2D eigenvalue weighted by Gasteiger charge is 2.11. The number of ether oxygens (including phenoxy) is 1. The van der Waals surface area contributed by atoms with E-state index in [0.29, 0.717) is 42.1 Å². The number of hydrogen-bond acceptors (Lipinski definition) is 8. The Balaban J connectivity index is 1.81. The fourth-order valence-corrected chi connectivity index (χ4v) is 2.09. The molecule has 2 rings (SSSR count).